The minimum absolute atomic E-state index is 0.415. The van der Waals surface area contributed by atoms with Gasteiger partial charge in [0.25, 0.3) is 0 Å². The van der Waals surface area contributed by atoms with Crippen molar-refractivity contribution < 1.29 is 4.79 Å². The van der Waals surface area contributed by atoms with Crippen LogP contribution in [0.4, 0.5) is 0 Å². The second-order valence-electron chi connectivity index (χ2n) is 7.21. The largest absolute Gasteiger partial charge is 0.299 e. The summed E-state index contributed by atoms with van der Waals surface area (Å²) >= 11 is 0. The van der Waals surface area contributed by atoms with Gasteiger partial charge in [-0.05, 0) is 56.3 Å². The molecule has 0 aliphatic heterocycles. The van der Waals surface area contributed by atoms with E-state index in [0.29, 0.717) is 17.6 Å². The van der Waals surface area contributed by atoms with Gasteiger partial charge in [-0.2, -0.15) is 0 Å². The molecule has 2 aliphatic carbocycles. The third-order valence-corrected chi connectivity index (χ3v) is 5.54. The molecule has 0 saturated heterocycles. The second-order valence-corrected chi connectivity index (χ2v) is 7.21. The van der Waals surface area contributed by atoms with E-state index in [1.807, 2.05) is 0 Å². The standard InChI is InChI=1S/C17H30O/c1-12(2)14-8-10-16(11-9-14)17(18)15-6-4-13(3)5-7-15/h12-16H,4-11H2,1-3H3. The summed E-state index contributed by atoms with van der Waals surface area (Å²) in [6.07, 6.45) is 9.82. The topological polar surface area (TPSA) is 17.1 Å². The Morgan fingerprint density at radius 1 is 0.833 bits per heavy atom. The maximum Gasteiger partial charge on any atom is 0.139 e. The van der Waals surface area contributed by atoms with E-state index in [2.05, 4.69) is 20.8 Å². The molecule has 2 aliphatic rings. The molecule has 0 amide bonds. The van der Waals surface area contributed by atoms with E-state index in [1.54, 1.807) is 0 Å². The lowest BCUT2D eigenvalue weighted by Crippen LogP contribution is -2.30. The van der Waals surface area contributed by atoms with Crippen LogP contribution in [0.3, 0.4) is 0 Å². The number of hydrogen-bond acceptors (Lipinski definition) is 1. The lowest BCUT2D eigenvalue weighted by Gasteiger charge is -2.33. The summed E-state index contributed by atoms with van der Waals surface area (Å²) in [7, 11) is 0. The molecule has 0 spiro atoms. The Hall–Kier alpha value is -0.330. The fourth-order valence-corrected chi connectivity index (χ4v) is 3.95. The molecular weight excluding hydrogens is 220 g/mol. The van der Waals surface area contributed by atoms with E-state index in [9.17, 15) is 4.79 Å². The van der Waals surface area contributed by atoms with Gasteiger partial charge in [-0.3, -0.25) is 4.79 Å². The molecule has 0 atom stereocenters. The molecule has 0 aromatic rings. The first-order chi connectivity index (χ1) is 8.58. The molecule has 18 heavy (non-hydrogen) atoms. The monoisotopic (exact) mass is 250 g/mol. The van der Waals surface area contributed by atoms with Crippen LogP contribution in [0, 0.1) is 29.6 Å². The molecule has 2 fully saturated rings. The zero-order valence-electron chi connectivity index (χ0n) is 12.5. The molecule has 0 radical (unpaired) electrons. The van der Waals surface area contributed by atoms with E-state index in [0.717, 1.165) is 17.8 Å². The van der Waals surface area contributed by atoms with Crippen LogP contribution < -0.4 is 0 Å². The molecule has 0 heterocycles. The van der Waals surface area contributed by atoms with Crippen molar-refractivity contribution in [2.45, 2.75) is 72.1 Å². The number of Topliss-reactive ketones (excluding diaryl/α,β-unsaturated/α-hetero) is 1. The predicted octanol–water partition coefficient (Wildman–Crippen LogP) is 4.84. The average molecular weight is 250 g/mol. The third kappa shape index (κ3) is 3.36. The summed E-state index contributed by atoms with van der Waals surface area (Å²) in [4.78, 5) is 12.5. The molecule has 0 aromatic heterocycles. The minimum atomic E-state index is 0.415. The van der Waals surface area contributed by atoms with Gasteiger partial charge in [0, 0.05) is 11.8 Å². The quantitative estimate of drug-likeness (QED) is 0.700. The van der Waals surface area contributed by atoms with Crippen LogP contribution in [-0.4, -0.2) is 5.78 Å². The molecule has 1 heteroatoms. The molecule has 1 nitrogen and oxygen atoms in total. The Bertz CT molecular complexity index is 265. The SMILES string of the molecule is CC1CCC(C(=O)C2CCC(C(C)C)CC2)CC1. The Morgan fingerprint density at radius 2 is 1.28 bits per heavy atom. The van der Waals surface area contributed by atoms with Crippen LogP contribution in [0.25, 0.3) is 0 Å². The summed E-state index contributed by atoms with van der Waals surface area (Å²) in [6, 6.07) is 0. The summed E-state index contributed by atoms with van der Waals surface area (Å²) in [5, 5.41) is 0. The highest BCUT2D eigenvalue weighted by Crippen LogP contribution is 2.37. The Morgan fingerprint density at radius 3 is 1.72 bits per heavy atom. The van der Waals surface area contributed by atoms with Gasteiger partial charge in [-0.1, -0.05) is 33.6 Å². The van der Waals surface area contributed by atoms with Gasteiger partial charge < -0.3 is 0 Å². The summed E-state index contributed by atoms with van der Waals surface area (Å²) in [5.74, 6) is 3.99. The zero-order valence-corrected chi connectivity index (χ0v) is 12.5. The van der Waals surface area contributed by atoms with Crippen molar-refractivity contribution in [1.82, 2.24) is 0 Å². The Labute approximate surface area is 113 Å². The molecule has 104 valence electrons. The van der Waals surface area contributed by atoms with E-state index in [-0.39, 0.29) is 0 Å². The first-order valence-electron chi connectivity index (χ1n) is 8.11. The highest BCUT2D eigenvalue weighted by atomic mass is 16.1. The van der Waals surface area contributed by atoms with Crippen molar-refractivity contribution in [2.75, 3.05) is 0 Å². The van der Waals surface area contributed by atoms with Crippen LogP contribution >= 0.6 is 0 Å². The van der Waals surface area contributed by atoms with Gasteiger partial charge in [0.2, 0.25) is 0 Å². The van der Waals surface area contributed by atoms with Gasteiger partial charge >= 0.3 is 0 Å². The summed E-state index contributed by atoms with van der Waals surface area (Å²) in [5.41, 5.74) is 0. The lowest BCUT2D eigenvalue weighted by atomic mass is 9.71. The van der Waals surface area contributed by atoms with E-state index < -0.39 is 0 Å². The fourth-order valence-electron chi connectivity index (χ4n) is 3.95. The van der Waals surface area contributed by atoms with Gasteiger partial charge in [-0.25, -0.2) is 0 Å². The summed E-state index contributed by atoms with van der Waals surface area (Å²) < 4.78 is 0. The molecule has 2 saturated carbocycles. The minimum Gasteiger partial charge on any atom is -0.299 e. The van der Waals surface area contributed by atoms with Crippen LogP contribution in [0.1, 0.15) is 72.1 Å². The Balaban J connectivity index is 1.80. The summed E-state index contributed by atoms with van der Waals surface area (Å²) in [6.45, 7) is 6.99. The van der Waals surface area contributed by atoms with Crippen molar-refractivity contribution in [3.63, 3.8) is 0 Å². The smallest absolute Gasteiger partial charge is 0.139 e. The van der Waals surface area contributed by atoms with Crippen LogP contribution in [0.5, 0.6) is 0 Å². The van der Waals surface area contributed by atoms with Crippen molar-refractivity contribution in [1.29, 1.82) is 0 Å². The molecular formula is C17H30O. The maximum absolute atomic E-state index is 12.5. The van der Waals surface area contributed by atoms with E-state index >= 15 is 0 Å². The average Bonchev–Trinajstić information content (AvgIpc) is 2.39. The van der Waals surface area contributed by atoms with Crippen LogP contribution in [-0.2, 0) is 4.79 Å². The number of ketones is 1. The predicted molar refractivity (Wildman–Crippen MR) is 76.4 cm³/mol. The van der Waals surface area contributed by atoms with Crippen molar-refractivity contribution in [3.8, 4) is 0 Å². The zero-order chi connectivity index (χ0) is 13.1. The van der Waals surface area contributed by atoms with Gasteiger partial charge in [-0.15, -0.1) is 0 Å². The van der Waals surface area contributed by atoms with Gasteiger partial charge in [0.15, 0.2) is 0 Å². The molecule has 2 rings (SSSR count). The highest BCUT2D eigenvalue weighted by Gasteiger charge is 2.32. The number of rotatable bonds is 3. The first-order valence-corrected chi connectivity index (χ1v) is 8.11. The van der Waals surface area contributed by atoms with E-state index in [1.165, 1.54) is 51.4 Å². The number of hydrogen-bond donors (Lipinski definition) is 0. The van der Waals surface area contributed by atoms with Gasteiger partial charge in [0.1, 0.15) is 5.78 Å². The van der Waals surface area contributed by atoms with E-state index in [4.69, 9.17) is 0 Å². The number of carbonyl (C=O) groups is 1. The van der Waals surface area contributed by atoms with Crippen molar-refractivity contribution >= 4 is 5.78 Å². The van der Waals surface area contributed by atoms with Crippen LogP contribution in [0.15, 0.2) is 0 Å². The molecule has 0 unspecified atom stereocenters. The fraction of sp³-hybridized carbons (Fsp3) is 0.941. The number of carbonyl (C=O) groups excluding carboxylic acids is 1. The van der Waals surface area contributed by atoms with Crippen molar-refractivity contribution in [3.05, 3.63) is 0 Å². The Kier molecular flexibility index (Phi) is 4.86. The lowest BCUT2D eigenvalue weighted by molar-refractivity contribution is -0.129. The van der Waals surface area contributed by atoms with Gasteiger partial charge in [0.05, 0.1) is 0 Å². The third-order valence-electron chi connectivity index (χ3n) is 5.54. The normalized spacial score (nSPS) is 37.8. The molecule has 0 bridgehead atoms. The first kappa shape index (κ1) is 14.1. The van der Waals surface area contributed by atoms with Crippen LogP contribution in [0.2, 0.25) is 0 Å². The second kappa shape index (κ2) is 6.21. The van der Waals surface area contributed by atoms with Crippen molar-refractivity contribution in [2.24, 2.45) is 29.6 Å². The molecule has 0 aromatic carbocycles. The maximum atomic E-state index is 12.5. The highest BCUT2D eigenvalue weighted by molar-refractivity contribution is 5.83. The molecule has 0 N–H and O–H groups in total.